The second-order valence-corrected chi connectivity index (χ2v) is 6.62. The van der Waals surface area contributed by atoms with Gasteiger partial charge in [0.15, 0.2) is 11.5 Å². The van der Waals surface area contributed by atoms with Gasteiger partial charge in [-0.15, -0.1) is 0 Å². The van der Waals surface area contributed by atoms with Crippen LogP contribution in [0.15, 0.2) is 45.6 Å². The normalized spacial score (nSPS) is 13.5. The number of halogens is 1. The summed E-state index contributed by atoms with van der Waals surface area (Å²) in [6, 6.07) is 9.78. The summed E-state index contributed by atoms with van der Waals surface area (Å²) in [5.41, 5.74) is -0.0789. The first-order chi connectivity index (χ1) is 13.5. The Bertz CT molecular complexity index is 1140. The molecule has 2 heterocycles. The molecule has 0 bridgehead atoms. The van der Waals surface area contributed by atoms with Gasteiger partial charge in [-0.3, -0.25) is 4.79 Å². The van der Waals surface area contributed by atoms with Crippen molar-refractivity contribution in [3.05, 3.63) is 63.0 Å². The van der Waals surface area contributed by atoms with Crippen LogP contribution in [0.25, 0.3) is 11.0 Å². The van der Waals surface area contributed by atoms with Gasteiger partial charge in [-0.1, -0.05) is 23.7 Å². The lowest BCUT2D eigenvalue weighted by molar-refractivity contribution is -0.140. The van der Waals surface area contributed by atoms with Crippen LogP contribution in [0.4, 0.5) is 0 Å². The topological polar surface area (TPSA) is 95.2 Å². The lowest BCUT2D eigenvalue weighted by Gasteiger charge is -2.18. The van der Waals surface area contributed by atoms with Gasteiger partial charge in [0.1, 0.15) is 11.3 Å². The zero-order valence-electron chi connectivity index (χ0n) is 14.7. The Labute approximate surface area is 164 Å². The Balaban J connectivity index is 1.93. The molecular formula is C20H15ClO7. The van der Waals surface area contributed by atoms with Crippen LogP contribution in [0.5, 0.6) is 17.2 Å². The van der Waals surface area contributed by atoms with E-state index in [4.69, 9.17) is 30.2 Å². The summed E-state index contributed by atoms with van der Waals surface area (Å²) >= 11 is 6.27. The van der Waals surface area contributed by atoms with Gasteiger partial charge in [-0.25, -0.2) is 4.79 Å². The predicted octanol–water partition coefficient (Wildman–Crippen LogP) is 3.58. The molecule has 0 spiro atoms. The molecule has 28 heavy (non-hydrogen) atoms. The maximum atomic E-state index is 12.7. The summed E-state index contributed by atoms with van der Waals surface area (Å²) in [7, 11) is 1.24. The van der Waals surface area contributed by atoms with Gasteiger partial charge in [0.2, 0.25) is 6.79 Å². The minimum absolute atomic E-state index is 0.0174. The summed E-state index contributed by atoms with van der Waals surface area (Å²) in [5.74, 6) is -0.903. The minimum atomic E-state index is -0.861. The zero-order chi connectivity index (χ0) is 19.8. The number of esters is 1. The van der Waals surface area contributed by atoms with Crippen LogP contribution in [-0.4, -0.2) is 25.0 Å². The quantitative estimate of drug-likeness (QED) is 0.526. The van der Waals surface area contributed by atoms with Crippen LogP contribution >= 0.6 is 11.6 Å². The van der Waals surface area contributed by atoms with Crippen molar-refractivity contribution in [3.8, 4) is 17.2 Å². The largest absolute Gasteiger partial charge is 0.507 e. The summed E-state index contributed by atoms with van der Waals surface area (Å²) in [5, 5.41) is 11.4. The summed E-state index contributed by atoms with van der Waals surface area (Å²) < 4.78 is 20.8. The molecule has 1 aliphatic rings. The monoisotopic (exact) mass is 402 g/mol. The van der Waals surface area contributed by atoms with Gasteiger partial charge in [-0.05, 0) is 29.8 Å². The van der Waals surface area contributed by atoms with Crippen LogP contribution in [0.3, 0.4) is 0 Å². The number of carbonyl (C=O) groups excluding carboxylic acids is 1. The van der Waals surface area contributed by atoms with Crippen LogP contribution in [-0.2, 0) is 9.53 Å². The second kappa shape index (κ2) is 7.09. The highest BCUT2D eigenvalue weighted by molar-refractivity contribution is 6.32. The zero-order valence-corrected chi connectivity index (χ0v) is 15.5. The first kappa shape index (κ1) is 18.2. The molecular weight excluding hydrogens is 388 g/mol. The summed E-state index contributed by atoms with van der Waals surface area (Å²) in [6.07, 6.45) is -0.205. The van der Waals surface area contributed by atoms with Gasteiger partial charge < -0.3 is 23.7 Å². The van der Waals surface area contributed by atoms with Crippen molar-refractivity contribution in [1.82, 2.24) is 0 Å². The first-order valence-corrected chi connectivity index (χ1v) is 8.78. The number of para-hydroxylation sites is 1. The van der Waals surface area contributed by atoms with Gasteiger partial charge in [0, 0.05) is 5.92 Å². The molecule has 0 aliphatic carbocycles. The number of fused-ring (bicyclic) bond motifs is 2. The van der Waals surface area contributed by atoms with E-state index in [0.29, 0.717) is 22.4 Å². The molecule has 4 rings (SSSR count). The number of benzene rings is 2. The molecule has 0 fully saturated rings. The number of ether oxygens (including phenoxy) is 3. The Kier molecular flexibility index (Phi) is 4.60. The molecule has 8 heteroatoms. The number of hydrogen-bond donors (Lipinski definition) is 1. The maximum Gasteiger partial charge on any atom is 0.343 e. The fourth-order valence-corrected chi connectivity index (χ4v) is 3.55. The molecule has 0 saturated carbocycles. The molecule has 0 saturated heterocycles. The Hall–Kier alpha value is -3.19. The summed E-state index contributed by atoms with van der Waals surface area (Å²) in [4.78, 5) is 24.7. The molecule has 1 atom stereocenters. The van der Waals surface area contributed by atoms with Crippen molar-refractivity contribution >= 4 is 28.5 Å². The highest BCUT2D eigenvalue weighted by atomic mass is 35.5. The van der Waals surface area contributed by atoms with E-state index in [1.165, 1.54) is 7.11 Å². The maximum absolute atomic E-state index is 12.7. The molecule has 1 aromatic heterocycles. The van der Waals surface area contributed by atoms with E-state index in [-0.39, 0.29) is 35.1 Å². The van der Waals surface area contributed by atoms with E-state index < -0.39 is 17.5 Å². The Morgan fingerprint density at radius 1 is 1.29 bits per heavy atom. The van der Waals surface area contributed by atoms with Crippen molar-refractivity contribution in [2.24, 2.45) is 0 Å². The lowest BCUT2D eigenvalue weighted by Crippen LogP contribution is -2.18. The van der Waals surface area contributed by atoms with Gasteiger partial charge in [-0.2, -0.15) is 0 Å². The SMILES string of the molecule is COC(=O)C[C@@H](c1cc(Cl)c2c(c1)OCO2)c1c(O)c2ccccc2oc1=O. The van der Waals surface area contributed by atoms with E-state index in [0.717, 1.165) is 0 Å². The van der Waals surface area contributed by atoms with Crippen LogP contribution in [0.1, 0.15) is 23.5 Å². The van der Waals surface area contributed by atoms with E-state index in [1.54, 1.807) is 36.4 Å². The predicted molar refractivity (Wildman–Crippen MR) is 100 cm³/mol. The molecule has 3 aromatic rings. The average Bonchev–Trinajstić information content (AvgIpc) is 3.16. The fraction of sp³-hybridized carbons (Fsp3) is 0.200. The van der Waals surface area contributed by atoms with Crippen LogP contribution in [0, 0.1) is 0 Å². The van der Waals surface area contributed by atoms with Crippen LogP contribution < -0.4 is 15.1 Å². The fourth-order valence-electron chi connectivity index (χ4n) is 3.28. The van der Waals surface area contributed by atoms with Crippen molar-refractivity contribution in [2.45, 2.75) is 12.3 Å². The molecule has 1 N–H and O–H groups in total. The van der Waals surface area contributed by atoms with Gasteiger partial charge in [0.25, 0.3) is 0 Å². The number of hydrogen-bond acceptors (Lipinski definition) is 7. The van der Waals surface area contributed by atoms with E-state index in [9.17, 15) is 14.7 Å². The summed E-state index contributed by atoms with van der Waals surface area (Å²) in [6.45, 7) is 0.0174. The lowest BCUT2D eigenvalue weighted by atomic mass is 9.88. The molecule has 0 unspecified atom stereocenters. The number of aromatic hydroxyl groups is 1. The van der Waals surface area contributed by atoms with Crippen molar-refractivity contribution in [2.75, 3.05) is 13.9 Å². The number of rotatable bonds is 4. The van der Waals surface area contributed by atoms with Crippen molar-refractivity contribution in [1.29, 1.82) is 0 Å². The van der Waals surface area contributed by atoms with E-state index in [2.05, 4.69) is 0 Å². The first-order valence-electron chi connectivity index (χ1n) is 8.40. The highest BCUT2D eigenvalue weighted by Crippen LogP contribution is 2.44. The molecule has 7 nitrogen and oxygen atoms in total. The number of methoxy groups -OCH3 is 1. The van der Waals surface area contributed by atoms with E-state index in [1.807, 2.05) is 0 Å². The molecule has 144 valence electrons. The molecule has 0 radical (unpaired) electrons. The van der Waals surface area contributed by atoms with Crippen molar-refractivity contribution < 1.29 is 28.5 Å². The third-order valence-electron chi connectivity index (χ3n) is 4.62. The van der Waals surface area contributed by atoms with Gasteiger partial charge >= 0.3 is 11.6 Å². The highest BCUT2D eigenvalue weighted by Gasteiger charge is 2.30. The van der Waals surface area contributed by atoms with Crippen molar-refractivity contribution in [3.63, 3.8) is 0 Å². The smallest absolute Gasteiger partial charge is 0.343 e. The number of carbonyl (C=O) groups is 1. The minimum Gasteiger partial charge on any atom is -0.507 e. The average molecular weight is 403 g/mol. The Morgan fingerprint density at radius 2 is 2.07 bits per heavy atom. The molecule has 2 aromatic carbocycles. The second-order valence-electron chi connectivity index (χ2n) is 6.22. The standard InChI is InChI=1S/C20H15ClO7/c1-25-16(22)8-12(10-6-13(21)19-15(7-10)26-9-27-19)17-18(23)11-4-2-3-5-14(11)28-20(17)24/h2-7,12,23H,8-9H2,1H3/t12-/m0/s1. The third kappa shape index (κ3) is 3.03. The molecule has 1 aliphatic heterocycles. The molecule has 0 amide bonds. The van der Waals surface area contributed by atoms with Crippen LogP contribution in [0.2, 0.25) is 5.02 Å². The Morgan fingerprint density at radius 3 is 2.86 bits per heavy atom. The van der Waals surface area contributed by atoms with Gasteiger partial charge in [0.05, 0.1) is 29.5 Å². The third-order valence-corrected chi connectivity index (χ3v) is 4.90. The van der Waals surface area contributed by atoms with E-state index >= 15 is 0 Å².